The third-order valence-corrected chi connectivity index (χ3v) is 4.75. The molecule has 124 valence electrons. The monoisotopic (exact) mass is 325 g/mol. The van der Waals surface area contributed by atoms with Gasteiger partial charge < -0.3 is 10.6 Å². The molecule has 22 heavy (non-hydrogen) atoms. The fourth-order valence-corrected chi connectivity index (χ4v) is 3.40. The molecule has 2 rings (SSSR count). The van der Waals surface area contributed by atoms with Crippen LogP contribution in [-0.2, 0) is 13.0 Å². The Balaban J connectivity index is 1.86. The number of fused-ring (bicyclic) bond motifs is 1. The van der Waals surface area contributed by atoms with Gasteiger partial charge in [-0.25, -0.2) is 14.5 Å². The van der Waals surface area contributed by atoms with Crippen molar-refractivity contribution in [1.29, 1.82) is 0 Å². The van der Waals surface area contributed by atoms with Crippen molar-refractivity contribution < 1.29 is 4.79 Å². The van der Waals surface area contributed by atoms with Gasteiger partial charge in [0.1, 0.15) is 5.82 Å². The van der Waals surface area contributed by atoms with Gasteiger partial charge in [0, 0.05) is 19.0 Å². The zero-order chi connectivity index (χ0) is 15.9. The van der Waals surface area contributed by atoms with E-state index in [1.807, 2.05) is 30.3 Å². The second-order valence-corrected chi connectivity index (χ2v) is 7.06. The molecule has 2 atom stereocenters. The van der Waals surface area contributed by atoms with Crippen LogP contribution in [0.5, 0.6) is 0 Å². The number of nitrogens with zero attached hydrogens (tertiary/aromatic N) is 3. The number of hydrogen-bond acceptors (Lipinski definition) is 4. The first-order valence-electron chi connectivity index (χ1n) is 8.22. The van der Waals surface area contributed by atoms with Crippen LogP contribution in [0, 0.1) is 0 Å². The van der Waals surface area contributed by atoms with Crippen LogP contribution in [0.3, 0.4) is 0 Å². The number of thioether (sulfide) groups is 1. The summed E-state index contributed by atoms with van der Waals surface area (Å²) in [6, 6.07) is 0.0546. The van der Waals surface area contributed by atoms with Gasteiger partial charge in [0.15, 0.2) is 5.82 Å². The fourth-order valence-electron chi connectivity index (χ4n) is 2.59. The van der Waals surface area contributed by atoms with Crippen LogP contribution in [0.2, 0.25) is 0 Å². The van der Waals surface area contributed by atoms with Crippen molar-refractivity contribution in [3.8, 4) is 0 Å². The number of amides is 2. The third-order valence-electron chi connectivity index (χ3n) is 3.82. The average molecular weight is 325 g/mol. The van der Waals surface area contributed by atoms with Gasteiger partial charge >= 0.3 is 6.03 Å². The summed E-state index contributed by atoms with van der Waals surface area (Å²) < 4.78 is 1.94. The molecule has 1 aliphatic heterocycles. The molecule has 0 unspecified atom stereocenters. The number of aromatic nitrogens is 3. The molecule has 1 aromatic heterocycles. The second-order valence-electron chi connectivity index (χ2n) is 5.66. The largest absolute Gasteiger partial charge is 0.336 e. The van der Waals surface area contributed by atoms with E-state index in [1.54, 1.807) is 0 Å². The van der Waals surface area contributed by atoms with E-state index in [9.17, 15) is 4.79 Å². The van der Waals surface area contributed by atoms with Crippen molar-refractivity contribution in [3.63, 3.8) is 0 Å². The summed E-state index contributed by atoms with van der Waals surface area (Å²) >= 11 is 1.90. The molecule has 0 fully saturated rings. The molecule has 6 nitrogen and oxygen atoms in total. The average Bonchev–Trinajstić information content (AvgIpc) is 2.91. The summed E-state index contributed by atoms with van der Waals surface area (Å²) in [4.78, 5) is 16.7. The summed E-state index contributed by atoms with van der Waals surface area (Å²) in [5.41, 5.74) is 0. The first-order chi connectivity index (χ1) is 10.6. The molecule has 1 aromatic rings. The van der Waals surface area contributed by atoms with E-state index in [4.69, 9.17) is 0 Å². The molecule has 7 heteroatoms. The highest BCUT2D eigenvalue weighted by Crippen LogP contribution is 2.23. The molecular weight excluding hydrogens is 298 g/mol. The van der Waals surface area contributed by atoms with Gasteiger partial charge in [-0.15, -0.1) is 0 Å². The van der Waals surface area contributed by atoms with Crippen molar-refractivity contribution >= 4 is 17.8 Å². The van der Waals surface area contributed by atoms with Gasteiger partial charge in [0.2, 0.25) is 0 Å². The van der Waals surface area contributed by atoms with E-state index in [1.165, 1.54) is 0 Å². The predicted molar refractivity (Wildman–Crippen MR) is 90.1 cm³/mol. The number of rotatable bonds is 7. The van der Waals surface area contributed by atoms with Gasteiger partial charge in [-0.2, -0.15) is 16.9 Å². The highest BCUT2D eigenvalue weighted by molar-refractivity contribution is 7.99. The molecule has 0 saturated heterocycles. The Labute approximate surface area is 136 Å². The summed E-state index contributed by atoms with van der Waals surface area (Å²) in [5, 5.41) is 10.5. The maximum absolute atomic E-state index is 12.2. The van der Waals surface area contributed by atoms with E-state index >= 15 is 0 Å². The number of nitrogens with one attached hydrogen (secondary N) is 2. The van der Waals surface area contributed by atoms with Gasteiger partial charge in [0.25, 0.3) is 0 Å². The number of carbonyl (C=O) groups is 1. The maximum atomic E-state index is 12.2. The van der Waals surface area contributed by atoms with Gasteiger partial charge in [-0.05, 0) is 37.7 Å². The van der Waals surface area contributed by atoms with E-state index < -0.39 is 0 Å². The van der Waals surface area contributed by atoms with E-state index in [0.29, 0.717) is 0 Å². The highest BCUT2D eigenvalue weighted by atomic mass is 32.2. The van der Waals surface area contributed by atoms with Crippen LogP contribution in [0.4, 0.5) is 4.79 Å². The molecule has 0 bridgehead atoms. The maximum Gasteiger partial charge on any atom is 0.315 e. The molecule has 0 aliphatic carbocycles. The Bertz CT molecular complexity index is 490. The minimum absolute atomic E-state index is 0.0289. The van der Waals surface area contributed by atoms with Crippen LogP contribution in [-0.4, -0.2) is 38.3 Å². The van der Waals surface area contributed by atoms with Crippen molar-refractivity contribution in [1.82, 2.24) is 25.4 Å². The molecule has 2 N–H and O–H groups in total. The van der Waals surface area contributed by atoms with Crippen LogP contribution in [0.25, 0.3) is 0 Å². The lowest BCUT2D eigenvalue weighted by Crippen LogP contribution is -2.43. The summed E-state index contributed by atoms with van der Waals surface area (Å²) in [5.74, 6) is 3.95. The number of hydrogen-bond donors (Lipinski definition) is 2. The zero-order valence-corrected chi connectivity index (χ0v) is 14.6. The normalized spacial score (nSPS) is 18.6. The van der Waals surface area contributed by atoms with Crippen LogP contribution >= 0.6 is 11.8 Å². The first kappa shape index (κ1) is 17.1. The Hall–Kier alpha value is -1.24. The van der Waals surface area contributed by atoms with Gasteiger partial charge in [-0.3, -0.25) is 0 Å². The fraction of sp³-hybridized carbons (Fsp3) is 0.800. The second kappa shape index (κ2) is 8.41. The number of aryl methyl sites for hydroxylation is 2. The minimum atomic E-state index is -0.103. The first-order valence-corrected chi connectivity index (χ1v) is 9.37. The molecule has 2 amide bonds. The van der Waals surface area contributed by atoms with Crippen molar-refractivity contribution in [2.24, 2.45) is 0 Å². The number of urea groups is 1. The minimum Gasteiger partial charge on any atom is -0.336 e. The van der Waals surface area contributed by atoms with Crippen molar-refractivity contribution in [2.45, 2.75) is 65.1 Å². The Morgan fingerprint density at radius 1 is 1.50 bits per heavy atom. The Kier molecular flexibility index (Phi) is 6.54. The van der Waals surface area contributed by atoms with Crippen molar-refractivity contribution in [2.75, 3.05) is 11.5 Å². The lowest BCUT2D eigenvalue weighted by molar-refractivity contribution is 0.229. The van der Waals surface area contributed by atoms with Crippen LogP contribution < -0.4 is 10.6 Å². The van der Waals surface area contributed by atoms with E-state index in [2.05, 4.69) is 27.6 Å². The summed E-state index contributed by atoms with van der Waals surface area (Å²) in [6.45, 7) is 7.15. The molecule has 0 aromatic carbocycles. The highest BCUT2D eigenvalue weighted by Gasteiger charge is 2.25. The molecule has 0 spiro atoms. The Morgan fingerprint density at radius 2 is 2.32 bits per heavy atom. The van der Waals surface area contributed by atoms with Crippen LogP contribution in [0.15, 0.2) is 0 Å². The number of carbonyl (C=O) groups excluding carboxylic acids is 1. The van der Waals surface area contributed by atoms with Crippen molar-refractivity contribution in [3.05, 3.63) is 11.6 Å². The quantitative estimate of drug-likeness (QED) is 0.756. The Morgan fingerprint density at radius 3 is 3.05 bits per heavy atom. The lowest BCUT2D eigenvalue weighted by Gasteiger charge is -2.24. The molecule has 2 heterocycles. The topological polar surface area (TPSA) is 71.8 Å². The molecule has 1 aliphatic rings. The smallest absolute Gasteiger partial charge is 0.315 e. The zero-order valence-electron chi connectivity index (χ0n) is 13.8. The van der Waals surface area contributed by atoms with Gasteiger partial charge in [-0.1, -0.05) is 13.8 Å². The predicted octanol–water partition coefficient (Wildman–Crippen LogP) is 2.51. The third kappa shape index (κ3) is 4.63. The van der Waals surface area contributed by atoms with E-state index in [0.717, 1.165) is 55.4 Å². The molecule has 0 radical (unpaired) electrons. The van der Waals surface area contributed by atoms with E-state index in [-0.39, 0.29) is 18.1 Å². The molecular formula is C15H27N5OS. The summed E-state index contributed by atoms with van der Waals surface area (Å²) in [7, 11) is 0. The standard InChI is InChI=1S/C15H27N5OS/c1-4-13-18-14-12(7-6-9-20(14)19-13)17-15(21)16-11(3)8-10-22-5-2/h11-12H,4-10H2,1-3H3,(H2,16,17,21)/t11-,12-/m1/s1. The lowest BCUT2D eigenvalue weighted by atomic mass is 10.1. The SMILES string of the molecule is CCSCC[C@@H](C)NC(=O)N[C@@H]1CCCn2nc(CC)nc21. The summed E-state index contributed by atoms with van der Waals surface area (Å²) in [6.07, 6.45) is 3.76. The van der Waals surface area contributed by atoms with Crippen LogP contribution in [0.1, 0.15) is 57.7 Å². The van der Waals surface area contributed by atoms with Gasteiger partial charge in [0.05, 0.1) is 6.04 Å². The molecule has 0 saturated carbocycles.